The smallest absolute Gasteiger partial charge is 0.133 e. The molecule has 2 atom stereocenters. The van der Waals surface area contributed by atoms with Crippen molar-refractivity contribution in [2.75, 3.05) is 0 Å². The molecule has 0 spiro atoms. The van der Waals surface area contributed by atoms with Crippen molar-refractivity contribution >= 4 is 6.08 Å². The van der Waals surface area contributed by atoms with Crippen molar-refractivity contribution in [3.8, 4) is 11.8 Å². The van der Waals surface area contributed by atoms with Crippen LogP contribution >= 0.6 is 0 Å². The Morgan fingerprint density at radius 3 is 2.40 bits per heavy atom. The molecule has 0 amide bonds. The molecule has 0 aliphatic rings. The lowest BCUT2D eigenvalue weighted by Crippen LogP contribution is -2.00. The minimum Gasteiger partial charge on any atom is -0.381 e. The van der Waals surface area contributed by atoms with Crippen LogP contribution in [0.1, 0.15) is 12.5 Å². The molecule has 1 aromatic rings. The minimum atomic E-state index is -0.834. The van der Waals surface area contributed by atoms with Crippen molar-refractivity contribution in [1.82, 2.24) is 0 Å². The van der Waals surface area contributed by atoms with Crippen LogP contribution in [-0.2, 0) is 0 Å². The maximum absolute atomic E-state index is 9.39. The Bertz CT molecular complexity index is 369. The lowest BCUT2D eigenvalue weighted by atomic mass is 10.2. The summed E-state index contributed by atoms with van der Waals surface area (Å²) in [6, 6.07) is 9.65. The van der Waals surface area contributed by atoms with E-state index in [1.54, 1.807) is 19.1 Å². The predicted molar refractivity (Wildman–Crippen MR) is 60.9 cm³/mol. The van der Waals surface area contributed by atoms with Crippen LogP contribution in [0.15, 0.2) is 36.4 Å². The molecule has 0 bridgehead atoms. The maximum atomic E-state index is 9.39. The number of aliphatic hydroxyl groups is 2. The monoisotopic (exact) mass is 202 g/mol. The standard InChI is InChI=1S/C13H14O2/c1-11(14)7-9-13(15)10-8-12-5-3-2-4-6-12/h2-6,8,10-11,13-15H,1H3/b10-8+. The van der Waals surface area contributed by atoms with E-state index < -0.39 is 12.2 Å². The second kappa shape index (κ2) is 6.02. The average molecular weight is 202 g/mol. The largest absolute Gasteiger partial charge is 0.381 e. The second-order valence-electron chi connectivity index (χ2n) is 3.18. The Hall–Kier alpha value is -1.56. The highest BCUT2D eigenvalue weighted by atomic mass is 16.3. The molecule has 1 rings (SSSR count). The van der Waals surface area contributed by atoms with E-state index in [-0.39, 0.29) is 0 Å². The van der Waals surface area contributed by atoms with Crippen LogP contribution in [0.25, 0.3) is 6.08 Å². The summed E-state index contributed by atoms with van der Waals surface area (Å²) in [4.78, 5) is 0. The van der Waals surface area contributed by atoms with Gasteiger partial charge in [-0.2, -0.15) is 0 Å². The molecule has 2 unspecified atom stereocenters. The topological polar surface area (TPSA) is 40.5 Å². The first-order valence-corrected chi connectivity index (χ1v) is 4.79. The van der Waals surface area contributed by atoms with Crippen LogP contribution in [0.3, 0.4) is 0 Å². The molecule has 0 radical (unpaired) electrons. The molecule has 2 N–H and O–H groups in total. The summed E-state index contributed by atoms with van der Waals surface area (Å²) in [5, 5.41) is 18.3. The van der Waals surface area contributed by atoms with E-state index in [0.29, 0.717) is 0 Å². The first-order chi connectivity index (χ1) is 7.18. The van der Waals surface area contributed by atoms with E-state index in [2.05, 4.69) is 11.8 Å². The van der Waals surface area contributed by atoms with Gasteiger partial charge in [0.15, 0.2) is 0 Å². The summed E-state index contributed by atoms with van der Waals surface area (Å²) in [6.07, 6.45) is 1.84. The van der Waals surface area contributed by atoms with Gasteiger partial charge in [0.2, 0.25) is 0 Å². The van der Waals surface area contributed by atoms with Gasteiger partial charge in [0.25, 0.3) is 0 Å². The van der Waals surface area contributed by atoms with Gasteiger partial charge in [0.1, 0.15) is 12.2 Å². The molecule has 15 heavy (non-hydrogen) atoms. The third-order valence-electron chi connectivity index (χ3n) is 1.71. The van der Waals surface area contributed by atoms with Crippen molar-refractivity contribution in [2.45, 2.75) is 19.1 Å². The lowest BCUT2D eigenvalue weighted by molar-refractivity contribution is 0.250. The van der Waals surface area contributed by atoms with Crippen LogP contribution in [0.2, 0.25) is 0 Å². The molecule has 0 aromatic heterocycles. The van der Waals surface area contributed by atoms with Gasteiger partial charge in [-0.25, -0.2) is 0 Å². The molecule has 0 saturated heterocycles. The summed E-state index contributed by atoms with van der Waals surface area (Å²) in [7, 11) is 0. The van der Waals surface area contributed by atoms with Crippen LogP contribution in [-0.4, -0.2) is 22.4 Å². The van der Waals surface area contributed by atoms with Crippen LogP contribution in [0.5, 0.6) is 0 Å². The summed E-state index contributed by atoms with van der Waals surface area (Å²) >= 11 is 0. The Labute approximate surface area is 89.9 Å². The highest BCUT2D eigenvalue weighted by Gasteiger charge is 1.92. The van der Waals surface area contributed by atoms with E-state index in [9.17, 15) is 5.11 Å². The lowest BCUT2D eigenvalue weighted by Gasteiger charge is -1.95. The van der Waals surface area contributed by atoms with Crippen molar-refractivity contribution in [3.05, 3.63) is 42.0 Å². The molecule has 0 aliphatic carbocycles. The van der Waals surface area contributed by atoms with Gasteiger partial charge in [-0.3, -0.25) is 0 Å². The molecule has 2 heteroatoms. The minimum absolute atomic E-state index is 0.704. The van der Waals surface area contributed by atoms with E-state index in [1.165, 1.54) is 0 Å². The van der Waals surface area contributed by atoms with Gasteiger partial charge < -0.3 is 10.2 Å². The summed E-state index contributed by atoms with van der Waals surface area (Å²) in [6.45, 7) is 1.56. The fraction of sp³-hybridized carbons (Fsp3) is 0.231. The third kappa shape index (κ3) is 5.02. The number of hydrogen-bond acceptors (Lipinski definition) is 2. The predicted octanol–water partition coefficient (Wildman–Crippen LogP) is 1.44. The number of rotatable bonds is 2. The van der Waals surface area contributed by atoms with Crippen molar-refractivity contribution in [2.24, 2.45) is 0 Å². The Balaban J connectivity index is 2.56. The van der Waals surface area contributed by atoms with Crippen molar-refractivity contribution < 1.29 is 10.2 Å². The van der Waals surface area contributed by atoms with Gasteiger partial charge in [0.05, 0.1) is 0 Å². The second-order valence-corrected chi connectivity index (χ2v) is 3.18. The van der Waals surface area contributed by atoms with Gasteiger partial charge >= 0.3 is 0 Å². The summed E-state index contributed by atoms with van der Waals surface area (Å²) < 4.78 is 0. The quantitative estimate of drug-likeness (QED) is 0.712. The van der Waals surface area contributed by atoms with Crippen molar-refractivity contribution in [3.63, 3.8) is 0 Å². The van der Waals surface area contributed by atoms with Gasteiger partial charge in [-0.15, -0.1) is 0 Å². The molecule has 0 fully saturated rings. The molecule has 2 nitrogen and oxygen atoms in total. The van der Waals surface area contributed by atoms with E-state index in [4.69, 9.17) is 5.11 Å². The van der Waals surface area contributed by atoms with Gasteiger partial charge in [0, 0.05) is 0 Å². The molecule has 0 saturated carbocycles. The maximum Gasteiger partial charge on any atom is 0.133 e. The Morgan fingerprint density at radius 1 is 1.13 bits per heavy atom. The fourth-order valence-electron chi connectivity index (χ4n) is 1.02. The molecule has 0 heterocycles. The van der Waals surface area contributed by atoms with Crippen LogP contribution < -0.4 is 0 Å². The zero-order valence-corrected chi connectivity index (χ0v) is 8.59. The Kier molecular flexibility index (Phi) is 4.62. The van der Waals surface area contributed by atoms with Gasteiger partial charge in [-0.1, -0.05) is 48.2 Å². The summed E-state index contributed by atoms with van der Waals surface area (Å²) in [5.41, 5.74) is 1.01. The van der Waals surface area contributed by atoms with E-state index in [0.717, 1.165) is 5.56 Å². The third-order valence-corrected chi connectivity index (χ3v) is 1.71. The average Bonchev–Trinajstić information content (AvgIpc) is 2.25. The fourth-order valence-corrected chi connectivity index (χ4v) is 1.02. The first-order valence-electron chi connectivity index (χ1n) is 4.79. The van der Waals surface area contributed by atoms with E-state index in [1.807, 2.05) is 30.3 Å². The SMILES string of the molecule is CC(O)C#CC(O)/C=C/c1ccccc1. The number of hydrogen-bond donors (Lipinski definition) is 2. The zero-order chi connectivity index (χ0) is 11.1. The van der Waals surface area contributed by atoms with Crippen molar-refractivity contribution in [1.29, 1.82) is 0 Å². The Morgan fingerprint density at radius 2 is 1.80 bits per heavy atom. The summed E-state index contributed by atoms with van der Waals surface area (Å²) in [5.74, 6) is 5.01. The molecule has 0 aliphatic heterocycles. The van der Waals surface area contributed by atoms with Crippen LogP contribution in [0.4, 0.5) is 0 Å². The molecule has 1 aromatic carbocycles. The highest BCUT2D eigenvalue weighted by molar-refractivity contribution is 5.50. The molecular formula is C13H14O2. The number of aliphatic hydroxyl groups excluding tert-OH is 2. The molecular weight excluding hydrogens is 188 g/mol. The number of benzene rings is 1. The zero-order valence-electron chi connectivity index (χ0n) is 8.59. The van der Waals surface area contributed by atoms with E-state index >= 15 is 0 Å². The van der Waals surface area contributed by atoms with Gasteiger partial charge in [-0.05, 0) is 18.6 Å². The molecule has 78 valence electrons. The first kappa shape index (κ1) is 11.5. The van der Waals surface area contributed by atoms with Crippen LogP contribution in [0, 0.1) is 11.8 Å². The normalized spacial score (nSPS) is 14.3. The highest BCUT2D eigenvalue weighted by Crippen LogP contribution is 2.01.